The number of aliphatic hydroxyl groups is 1. The Hall–Kier alpha value is -1.56. The van der Waals surface area contributed by atoms with Crippen molar-refractivity contribution in [2.45, 2.75) is 46.1 Å². The molecule has 0 bridgehead atoms. The molecule has 2 amide bonds. The number of urea groups is 1. The summed E-state index contributed by atoms with van der Waals surface area (Å²) in [5.74, 6) is 0.672. The van der Waals surface area contributed by atoms with Crippen LogP contribution >= 0.6 is 0 Å². The molecule has 102 valence electrons. The van der Waals surface area contributed by atoms with Crippen molar-refractivity contribution in [3.05, 3.63) is 11.5 Å². The van der Waals surface area contributed by atoms with Crippen LogP contribution in [-0.4, -0.2) is 28.9 Å². The van der Waals surface area contributed by atoms with Crippen LogP contribution < -0.4 is 10.6 Å². The third-order valence-corrected chi connectivity index (χ3v) is 2.67. The number of aryl methyl sites for hydroxylation is 2. The van der Waals surface area contributed by atoms with Gasteiger partial charge in [0.25, 0.3) is 0 Å². The second-order valence-electron chi connectivity index (χ2n) is 4.29. The van der Waals surface area contributed by atoms with Gasteiger partial charge in [0, 0.05) is 19.1 Å². The van der Waals surface area contributed by atoms with Gasteiger partial charge in [0.1, 0.15) is 11.4 Å². The van der Waals surface area contributed by atoms with Crippen LogP contribution in [0.4, 0.5) is 10.5 Å². The minimum Gasteiger partial charge on any atom is -0.396 e. The summed E-state index contributed by atoms with van der Waals surface area (Å²) < 4.78 is 5.09. The summed E-state index contributed by atoms with van der Waals surface area (Å²) in [5, 5.41) is 18.1. The molecule has 6 nitrogen and oxygen atoms in total. The summed E-state index contributed by atoms with van der Waals surface area (Å²) in [5.41, 5.74) is 1.31. The molecule has 1 atom stereocenters. The van der Waals surface area contributed by atoms with E-state index in [1.165, 1.54) is 0 Å². The Morgan fingerprint density at radius 3 is 2.89 bits per heavy atom. The number of aliphatic hydroxyl groups excluding tert-OH is 1. The molecular formula is C12H21N3O3. The highest BCUT2D eigenvalue weighted by Gasteiger charge is 2.15. The second kappa shape index (κ2) is 7.00. The van der Waals surface area contributed by atoms with E-state index in [1.807, 2.05) is 13.8 Å². The number of anilines is 1. The van der Waals surface area contributed by atoms with E-state index in [0.29, 0.717) is 30.0 Å². The van der Waals surface area contributed by atoms with Gasteiger partial charge in [-0.3, -0.25) is 0 Å². The lowest BCUT2D eigenvalue weighted by molar-refractivity contribution is 0.245. The Morgan fingerprint density at radius 2 is 2.28 bits per heavy atom. The molecule has 0 saturated heterocycles. The van der Waals surface area contributed by atoms with Crippen molar-refractivity contribution in [1.82, 2.24) is 10.5 Å². The Kier molecular flexibility index (Phi) is 5.64. The highest BCUT2D eigenvalue weighted by atomic mass is 16.5. The van der Waals surface area contributed by atoms with Crippen LogP contribution in [0.1, 0.15) is 38.1 Å². The first-order chi connectivity index (χ1) is 8.58. The zero-order valence-corrected chi connectivity index (χ0v) is 11.1. The molecule has 1 aromatic rings. The number of hydrogen-bond donors (Lipinski definition) is 3. The van der Waals surface area contributed by atoms with E-state index in [9.17, 15) is 4.79 Å². The molecule has 1 aromatic heterocycles. The van der Waals surface area contributed by atoms with Gasteiger partial charge in [-0.1, -0.05) is 12.1 Å². The standard InChI is InChI=1S/C12H21N3O3/c1-4-10-11(9(3)15-18-10)14-12(17)13-8(2)6-5-7-16/h8,16H,4-7H2,1-3H3,(H2,13,14,17). The summed E-state index contributed by atoms with van der Waals surface area (Å²) >= 11 is 0. The molecule has 0 radical (unpaired) electrons. The third kappa shape index (κ3) is 4.03. The Bertz CT molecular complexity index is 390. The third-order valence-electron chi connectivity index (χ3n) is 2.67. The van der Waals surface area contributed by atoms with Gasteiger partial charge in [-0.25, -0.2) is 4.79 Å². The van der Waals surface area contributed by atoms with E-state index in [0.717, 1.165) is 6.42 Å². The Balaban J connectivity index is 2.51. The summed E-state index contributed by atoms with van der Waals surface area (Å²) in [4.78, 5) is 11.8. The number of nitrogens with zero attached hydrogens (tertiary/aromatic N) is 1. The van der Waals surface area contributed by atoms with Crippen molar-refractivity contribution in [3.63, 3.8) is 0 Å². The maximum Gasteiger partial charge on any atom is 0.319 e. The molecule has 1 unspecified atom stereocenters. The topological polar surface area (TPSA) is 87.4 Å². The van der Waals surface area contributed by atoms with Crippen LogP contribution in [0.2, 0.25) is 0 Å². The molecule has 3 N–H and O–H groups in total. The van der Waals surface area contributed by atoms with Crippen LogP contribution in [0.5, 0.6) is 0 Å². The summed E-state index contributed by atoms with van der Waals surface area (Å²) in [6.07, 6.45) is 2.09. The van der Waals surface area contributed by atoms with E-state index < -0.39 is 0 Å². The highest BCUT2D eigenvalue weighted by molar-refractivity contribution is 5.90. The smallest absolute Gasteiger partial charge is 0.319 e. The number of hydrogen-bond acceptors (Lipinski definition) is 4. The molecule has 0 spiro atoms. The zero-order valence-electron chi connectivity index (χ0n) is 11.1. The van der Waals surface area contributed by atoms with E-state index in [4.69, 9.17) is 9.63 Å². The zero-order chi connectivity index (χ0) is 13.5. The molecule has 0 fully saturated rings. The van der Waals surface area contributed by atoms with E-state index in [1.54, 1.807) is 6.92 Å². The molecule has 0 saturated carbocycles. The van der Waals surface area contributed by atoms with Crippen LogP contribution in [0.25, 0.3) is 0 Å². The van der Waals surface area contributed by atoms with E-state index >= 15 is 0 Å². The minimum atomic E-state index is -0.276. The largest absolute Gasteiger partial charge is 0.396 e. The molecule has 1 rings (SSSR count). The first kappa shape index (κ1) is 14.5. The van der Waals surface area contributed by atoms with Gasteiger partial charge < -0.3 is 20.3 Å². The number of nitrogens with one attached hydrogen (secondary N) is 2. The summed E-state index contributed by atoms with van der Waals surface area (Å²) in [7, 11) is 0. The van der Waals surface area contributed by atoms with Crippen molar-refractivity contribution in [2.24, 2.45) is 0 Å². The summed E-state index contributed by atoms with van der Waals surface area (Å²) in [6.45, 7) is 5.76. The molecule has 0 aliphatic rings. The number of aromatic nitrogens is 1. The first-order valence-electron chi connectivity index (χ1n) is 6.22. The number of carbonyl (C=O) groups excluding carboxylic acids is 1. The van der Waals surface area contributed by atoms with Gasteiger partial charge in [0.05, 0.1) is 0 Å². The van der Waals surface area contributed by atoms with Crippen LogP contribution in [0, 0.1) is 6.92 Å². The Labute approximate surface area is 107 Å². The van der Waals surface area contributed by atoms with Crippen LogP contribution in [0.3, 0.4) is 0 Å². The van der Waals surface area contributed by atoms with Crippen molar-refractivity contribution in [2.75, 3.05) is 11.9 Å². The van der Waals surface area contributed by atoms with Crippen molar-refractivity contribution < 1.29 is 14.4 Å². The van der Waals surface area contributed by atoms with E-state index in [2.05, 4.69) is 15.8 Å². The van der Waals surface area contributed by atoms with E-state index in [-0.39, 0.29) is 18.7 Å². The SMILES string of the molecule is CCc1onc(C)c1NC(=O)NC(C)CCCO. The fourth-order valence-electron chi connectivity index (χ4n) is 1.66. The highest BCUT2D eigenvalue weighted by Crippen LogP contribution is 2.20. The van der Waals surface area contributed by atoms with Crippen LogP contribution in [-0.2, 0) is 6.42 Å². The normalized spacial score (nSPS) is 12.2. The number of amides is 2. The van der Waals surface area contributed by atoms with Crippen molar-refractivity contribution in [3.8, 4) is 0 Å². The molecular weight excluding hydrogens is 234 g/mol. The molecule has 1 heterocycles. The summed E-state index contributed by atoms with van der Waals surface area (Å²) in [6, 6.07) is -0.260. The predicted molar refractivity (Wildman–Crippen MR) is 68.6 cm³/mol. The maximum atomic E-state index is 11.8. The number of carbonyl (C=O) groups is 1. The average Bonchev–Trinajstić information content (AvgIpc) is 2.68. The van der Waals surface area contributed by atoms with Crippen LogP contribution in [0.15, 0.2) is 4.52 Å². The lowest BCUT2D eigenvalue weighted by Gasteiger charge is -2.13. The van der Waals surface area contributed by atoms with Gasteiger partial charge >= 0.3 is 6.03 Å². The lowest BCUT2D eigenvalue weighted by atomic mass is 10.2. The van der Waals surface area contributed by atoms with Gasteiger partial charge in [0.2, 0.25) is 0 Å². The fourth-order valence-corrected chi connectivity index (χ4v) is 1.66. The van der Waals surface area contributed by atoms with Gasteiger partial charge in [-0.2, -0.15) is 0 Å². The molecule has 18 heavy (non-hydrogen) atoms. The predicted octanol–water partition coefficient (Wildman–Crippen LogP) is 1.83. The lowest BCUT2D eigenvalue weighted by Crippen LogP contribution is -2.36. The molecule has 0 aliphatic carbocycles. The van der Waals surface area contributed by atoms with Crippen molar-refractivity contribution in [1.29, 1.82) is 0 Å². The van der Waals surface area contributed by atoms with Gasteiger partial charge in [0.15, 0.2) is 5.76 Å². The molecule has 6 heteroatoms. The second-order valence-corrected chi connectivity index (χ2v) is 4.29. The minimum absolute atomic E-state index is 0.0161. The fraction of sp³-hybridized carbons (Fsp3) is 0.667. The monoisotopic (exact) mass is 255 g/mol. The Morgan fingerprint density at radius 1 is 1.56 bits per heavy atom. The molecule has 0 aliphatic heterocycles. The van der Waals surface area contributed by atoms with Crippen molar-refractivity contribution >= 4 is 11.7 Å². The first-order valence-corrected chi connectivity index (χ1v) is 6.22. The number of rotatable bonds is 6. The molecule has 0 aromatic carbocycles. The quantitative estimate of drug-likeness (QED) is 0.723. The average molecular weight is 255 g/mol. The van der Waals surface area contributed by atoms with Gasteiger partial charge in [-0.15, -0.1) is 0 Å². The van der Waals surface area contributed by atoms with Gasteiger partial charge in [-0.05, 0) is 26.7 Å². The maximum absolute atomic E-state index is 11.8.